The number of hydrogen-bond acceptors (Lipinski definition) is 18. The third-order valence-corrected chi connectivity index (χ3v) is 17.2. The van der Waals surface area contributed by atoms with Crippen molar-refractivity contribution in [2.24, 2.45) is 23.1 Å². The van der Waals surface area contributed by atoms with E-state index in [4.69, 9.17) is 27.7 Å². The monoisotopic (exact) mass is 1020 g/mol. The molecule has 6 amide bonds. The van der Waals surface area contributed by atoms with Gasteiger partial charge in [-0.1, -0.05) is 12.1 Å². The second kappa shape index (κ2) is 20.6. The summed E-state index contributed by atoms with van der Waals surface area (Å²) in [4.78, 5) is 91.3. The topological polar surface area (TPSA) is 335 Å². The van der Waals surface area contributed by atoms with Crippen LogP contribution >= 0.6 is 0 Å². The molecule has 9 saturated heterocycles. The number of carbonyl (C=O) groups is 6. The van der Waals surface area contributed by atoms with Gasteiger partial charge in [0, 0.05) is 95.8 Å². The standard InChI is InChI=1S/C21H23N9O2.2C14H21N5O2/c22-8-14-5-12-6-17(12)30(14)20(31)16(23)10-28-9-15-7-18(28)21(32)29(15)13-3-1-2-11(4-13)19-24-26-27-25-19;2*1-17-10-5-12(14(17)21)18(7-10)8-11(16)13(20)19-4-2-3-9(19)6-15/h1-4,12,14-18H,5-7,9-10,23H2,(H,24,25,26,27);2*9-12H,2-5,7-8,16H2,1H3/t12-,14+,15?,16+,17+,18+;2*9-,10?,11-,12-/m100/s1. The summed E-state index contributed by atoms with van der Waals surface area (Å²) in [5.41, 5.74) is 19.9. The van der Waals surface area contributed by atoms with Crippen molar-refractivity contribution in [2.45, 2.75) is 136 Å². The molecule has 1 aliphatic carbocycles. The summed E-state index contributed by atoms with van der Waals surface area (Å²) in [5, 5.41) is 41.5. The van der Waals surface area contributed by atoms with E-state index in [0.29, 0.717) is 57.4 Å². The molecule has 25 heteroatoms. The number of nitrogens with two attached hydrogens (primary N) is 3. The summed E-state index contributed by atoms with van der Waals surface area (Å²) in [6.07, 6.45) is 7.27. The van der Waals surface area contributed by atoms with Crippen LogP contribution in [0.4, 0.5) is 5.69 Å². The van der Waals surface area contributed by atoms with Gasteiger partial charge in [0.1, 0.15) is 18.1 Å². The van der Waals surface area contributed by atoms with Crippen LogP contribution in [-0.2, 0) is 28.8 Å². The molecule has 0 radical (unpaired) electrons. The van der Waals surface area contributed by atoms with Crippen molar-refractivity contribution in [1.82, 2.24) is 59.8 Å². The van der Waals surface area contributed by atoms with E-state index >= 15 is 0 Å². The molecule has 10 aliphatic rings. The normalized spacial score (nSPS) is 32.7. The Kier molecular flexibility index (Phi) is 14.1. The van der Waals surface area contributed by atoms with Crippen molar-refractivity contribution in [2.75, 3.05) is 71.4 Å². The van der Waals surface area contributed by atoms with Crippen molar-refractivity contribution in [3.8, 4) is 29.6 Å². The first-order valence-corrected chi connectivity index (χ1v) is 25.9. The number of likely N-dealkylation sites (tertiary alicyclic amines) is 8. The first kappa shape index (κ1) is 50.9. The van der Waals surface area contributed by atoms with E-state index in [0.717, 1.165) is 75.7 Å². The summed E-state index contributed by atoms with van der Waals surface area (Å²) in [7, 11) is 3.66. The van der Waals surface area contributed by atoms with Crippen LogP contribution in [0.2, 0.25) is 0 Å². The lowest BCUT2D eigenvalue weighted by atomic mass is 10.1. The third kappa shape index (κ3) is 9.32. The number of fused-ring (bicyclic) bond motifs is 7. The number of nitrogens with zero attached hydrogens (tertiary/aromatic N) is 15. The molecule has 6 bridgehead atoms. The maximum absolute atomic E-state index is 13.2. The Bertz CT molecular complexity index is 2560. The molecule has 1 aromatic heterocycles. The SMILES string of the molecule is CN1C(=O)[C@@H]2CC1CN2C[C@H](N)C(=O)N1CCC[C@H]1C#N.CN1C(=O)[C@@H]2CC1CN2C[C@H](N)C(=O)N1CCC[C@H]1C#N.N#C[C@@H]1C[C@@H]2C[C@@H]2N1C(=O)[C@@H](N)CN1CC2C[C@H]1C(=O)N2c1cccc(-c2nn[nH]n2)c1. The molecule has 14 atom stereocenters. The molecule has 1 aromatic carbocycles. The second-order valence-electron chi connectivity index (χ2n) is 21.6. The number of tetrazole rings is 1. The minimum Gasteiger partial charge on any atom is -0.340 e. The molecule has 10 fully saturated rings. The predicted molar refractivity (Wildman–Crippen MR) is 261 cm³/mol. The van der Waals surface area contributed by atoms with Gasteiger partial charge in [-0.3, -0.25) is 43.5 Å². The predicted octanol–water partition coefficient (Wildman–Crippen LogP) is -3.02. The molecule has 3 unspecified atom stereocenters. The van der Waals surface area contributed by atoms with Crippen LogP contribution in [0, 0.1) is 39.9 Å². The van der Waals surface area contributed by atoms with Crippen molar-refractivity contribution in [1.29, 1.82) is 15.8 Å². The maximum atomic E-state index is 13.2. The van der Waals surface area contributed by atoms with E-state index in [-0.39, 0.29) is 95.9 Å². The molecule has 1 saturated carbocycles. The number of piperidine rings is 1. The molecule has 25 nitrogen and oxygen atoms in total. The lowest BCUT2D eigenvalue weighted by molar-refractivity contribution is -0.138. The molecule has 9 aliphatic heterocycles. The van der Waals surface area contributed by atoms with Crippen molar-refractivity contribution in [3.63, 3.8) is 0 Å². The lowest BCUT2D eigenvalue weighted by Gasteiger charge is -2.35. The minimum atomic E-state index is -0.729. The average Bonchev–Trinajstić information content (AvgIpc) is 4.26. The van der Waals surface area contributed by atoms with Crippen LogP contribution in [0.5, 0.6) is 0 Å². The van der Waals surface area contributed by atoms with Crippen LogP contribution < -0.4 is 22.1 Å². The number of aromatic nitrogens is 4. The third-order valence-electron chi connectivity index (χ3n) is 17.2. The molecule has 7 N–H and O–H groups in total. The van der Waals surface area contributed by atoms with Gasteiger partial charge in [-0.25, -0.2) is 0 Å². The fraction of sp³-hybridized carbons (Fsp3) is 0.673. The van der Waals surface area contributed by atoms with Gasteiger partial charge in [0.05, 0.1) is 60.5 Å². The Morgan fingerprint density at radius 1 is 0.676 bits per heavy atom. The number of piperazine rings is 3. The number of benzene rings is 1. The van der Waals surface area contributed by atoms with Gasteiger partial charge in [-0.2, -0.15) is 21.0 Å². The fourth-order valence-corrected chi connectivity index (χ4v) is 13.2. The van der Waals surface area contributed by atoms with Crippen LogP contribution in [0.1, 0.15) is 57.8 Å². The molecule has 10 heterocycles. The molecule has 12 rings (SSSR count). The van der Waals surface area contributed by atoms with Gasteiger partial charge in [0.25, 0.3) is 0 Å². The zero-order valence-electron chi connectivity index (χ0n) is 41.8. The number of aromatic amines is 1. The van der Waals surface area contributed by atoms with Crippen LogP contribution in [0.25, 0.3) is 11.4 Å². The Balaban J connectivity index is 0.000000132. The lowest BCUT2D eigenvalue weighted by Crippen LogP contribution is -2.57. The Morgan fingerprint density at radius 3 is 1.65 bits per heavy atom. The van der Waals surface area contributed by atoms with Gasteiger partial charge in [0.2, 0.25) is 41.3 Å². The first-order valence-electron chi connectivity index (χ1n) is 25.9. The van der Waals surface area contributed by atoms with Gasteiger partial charge in [-0.15, -0.1) is 10.2 Å². The molecule has 0 spiro atoms. The Morgan fingerprint density at radius 2 is 1.18 bits per heavy atom. The Labute approximate surface area is 429 Å². The summed E-state index contributed by atoms with van der Waals surface area (Å²) >= 11 is 0. The van der Waals surface area contributed by atoms with E-state index in [2.05, 4.69) is 38.8 Å². The number of likely N-dealkylation sites (N-methyl/N-ethyl adjacent to an activating group) is 2. The number of nitrogens with one attached hydrogen (secondary N) is 1. The number of H-pyrrole nitrogens is 1. The number of anilines is 1. The number of amides is 6. The highest BCUT2D eigenvalue weighted by Crippen LogP contribution is 2.48. The van der Waals surface area contributed by atoms with Crippen molar-refractivity contribution >= 4 is 41.1 Å². The molecular formula is C49H65N19O6. The second-order valence-corrected chi connectivity index (χ2v) is 21.6. The van der Waals surface area contributed by atoms with Crippen molar-refractivity contribution in [3.05, 3.63) is 24.3 Å². The summed E-state index contributed by atoms with van der Waals surface area (Å²) < 4.78 is 0. The summed E-state index contributed by atoms with van der Waals surface area (Å²) in [6, 6.07) is 11.2. The fourth-order valence-electron chi connectivity index (χ4n) is 13.2. The number of nitriles is 3. The molecule has 74 heavy (non-hydrogen) atoms. The van der Waals surface area contributed by atoms with Crippen LogP contribution in [0.15, 0.2) is 24.3 Å². The van der Waals surface area contributed by atoms with Gasteiger partial charge in [-0.05, 0) is 81.1 Å². The van der Waals surface area contributed by atoms with Gasteiger partial charge in [0.15, 0.2) is 0 Å². The highest BCUT2D eigenvalue weighted by atomic mass is 16.2. The van der Waals surface area contributed by atoms with E-state index < -0.39 is 18.1 Å². The first-order chi connectivity index (χ1) is 35.6. The van der Waals surface area contributed by atoms with Crippen LogP contribution in [0.3, 0.4) is 0 Å². The minimum absolute atomic E-state index is 0.0180. The van der Waals surface area contributed by atoms with Crippen LogP contribution in [-0.4, -0.2) is 240 Å². The number of rotatable bonds is 11. The zero-order chi connectivity index (χ0) is 52.3. The van der Waals surface area contributed by atoms with Gasteiger partial charge < -0.3 is 46.6 Å². The van der Waals surface area contributed by atoms with Gasteiger partial charge >= 0.3 is 0 Å². The number of hydrogen-bond donors (Lipinski definition) is 4. The van der Waals surface area contributed by atoms with E-state index in [1.54, 1.807) is 24.5 Å². The van der Waals surface area contributed by atoms with E-state index in [1.807, 2.05) is 58.0 Å². The highest BCUT2D eigenvalue weighted by molar-refractivity contribution is 6.02. The highest BCUT2D eigenvalue weighted by Gasteiger charge is 2.56. The van der Waals surface area contributed by atoms with E-state index in [9.17, 15) is 34.0 Å². The maximum Gasteiger partial charge on any atom is 0.244 e. The summed E-state index contributed by atoms with van der Waals surface area (Å²) in [5.74, 6) is 0.710. The quantitative estimate of drug-likeness (QED) is 0.174. The number of carbonyl (C=O) groups excluding carboxylic acids is 6. The summed E-state index contributed by atoms with van der Waals surface area (Å²) in [6.45, 7) is 4.58. The van der Waals surface area contributed by atoms with Crippen molar-refractivity contribution < 1.29 is 28.8 Å². The molecule has 392 valence electrons. The van der Waals surface area contributed by atoms with E-state index in [1.165, 1.54) is 0 Å². The zero-order valence-corrected chi connectivity index (χ0v) is 41.8. The molecular weight excluding hydrogens is 951 g/mol. The largest absolute Gasteiger partial charge is 0.340 e. The average molecular weight is 1020 g/mol. The smallest absolute Gasteiger partial charge is 0.244 e. The Hall–Kier alpha value is -6.66. The molecule has 2 aromatic rings.